The lowest BCUT2D eigenvalue weighted by Gasteiger charge is -2.30. The molecule has 4 rings (SSSR count). The lowest BCUT2D eigenvalue weighted by molar-refractivity contribution is -0.120. The third kappa shape index (κ3) is 5.29. The standard InChI is InChI=1S/C26H29N3O4S/c1-18-4-8-21(9-5-18)10-13-24-25(20(3)28-33-24)34(31,32)29-16-14-22(15-17-29)26(30)27-23-11-6-19(2)7-12-23/h4-13,22H,14-17H2,1-3H3,(H,27,30). The monoisotopic (exact) mass is 479 g/mol. The Morgan fingerprint density at radius 1 is 0.971 bits per heavy atom. The van der Waals surface area contributed by atoms with E-state index in [4.69, 9.17) is 4.52 Å². The van der Waals surface area contributed by atoms with Gasteiger partial charge in [0.15, 0.2) is 10.7 Å². The van der Waals surface area contributed by atoms with Gasteiger partial charge in [0.1, 0.15) is 5.69 Å². The number of hydrogen-bond acceptors (Lipinski definition) is 5. The van der Waals surface area contributed by atoms with Gasteiger partial charge in [0.05, 0.1) is 0 Å². The summed E-state index contributed by atoms with van der Waals surface area (Å²) in [6, 6.07) is 15.5. The summed E-state index contributed by atoms with van der Waals surface area (Å²) in [5, 5.41) is 6.84. The highest BCUT2D eigenvalue weighted by atomic mass is 32.2. The van der Waals surface area contributed by atoms with Crippen LogP contribution in [0.2, 0.25) is 0 Å². The van der Waals surface area contributed by atoms with Crippen LogP contribution in [-0.4, -0.2) is 36.9 Å². The molecule has 1 amide bonds. The average Bonchev–Trinajstić information content (AvgIpc) is 3.21. The predicted molar refractivity (Wildman–Crippen MR) is 133 cm³/mol. The van der Waals surface area contributed by atoms with E-state index < -0.39 is 10.0 Å². The van der Waals surface area contributed by atoms with Gasteiger partial charge in [-0.05, 0) is 57.4 Å². The number of hydrogen-bond donors (Lipinski definition) is 1. The highest BCUT2D eigenvalue weighted by Crippen LogP contribution is 2.29. The van der Waals surface area contributed by atoms with Gasteiger partial charge in [-0.2, -0.15) is 4.31 Å². The fourth-order valence-electron chi connectivity index (χ4n) is 4.02. The third-order valence-corrected chi connectivity index (χ3v) is 8.14. The second-order valence-corrected chi connectivity index (χ2v) is 10.6. The van der Waals surface area contributed by atoms with Crippen molar-refractivity contribution in [3.8, 4) is 0 Å². The summed E-state index contributed by atoms with van der Waals surface area (Å²) in [5.74, 6) is -0.113. The molecule has 1 N–H and O–H groups in total. The van der Waals surface area contributed by atoms with Crippen molar-refractivity contribution in [3.63, 3.8) is 0 Å². The molecule has 1 aliphatic rings. The first-order valence-corrected chi connectivity index (χ1v) is 12.8. The van der Waals surface area contributed by atoms with E-state index in [-0.39, 0.29) is 35.6 Å². The van der Waals surface area contributed by atoms with Crippen molar-refractivity contribution < 1.29 is 17.7 Å². The summed E-state index contributed by atoms with van der Waals surface area (Å²) in [6.45, 7) is 6.15. The first kappa shape index (κ1) is 23.9. The number of carbonyl (C=O) groups excluding carboxylic acids is 1. The number of nitrogens with zero attached hydrogens (tertiary/aromatic N) is 2. The van der Waals surface area contributed by atoms with Crippen LogP contribution in [-0.2, 0) is 14.8 Å². The lowest BCUT2D eigenvalue weighted by Crippen LogP contribution is -2.41. The Kier molecular flexibility index (Phi) is 7.00. The molecule has 1 fully saturated rings. The lowest BCUT2D eigenvalue weighted by atomic mass is 9.97. The molecule has 0 saturated carbocycles. The van der Waals surface area contributed by atoms with Gasteiger partial charge in [-0.15, -0.1) is 0 Å². The van der Waals surface area contributed by atoms with Crippen molar-refractivity contribution in [1.82, 2.24) is 9.46 Å². The first-order valence-electron chi connectivity index (χ1n) is 11.3. The molecule has 1 saturated heterocycles. The van der Waals surface area contributed by atoms with E-state index in [1.54, 1.807) is 19.1 Å². The number of amides is 1. The number of anilines is 1. The molecule has 0 aliphatic carbocycles. The minimum atomic E-state index is -3.81. The number of carbonyl (C=O) groups is 1. The highest BCUT2D eigenvalue weighted by Gasteiger charge is 2.35. The quantitative estimate of drug-likeness (QED) is 0.548. The largest absolute Gasteiger partial charge is 0.355 e. The Labute approximate surface area is 200 Å². The van der Waals surface area contributed by atoms with Gasteiger partial charge in [-0.25, -0.2) is 8.42 Å². The van der Waals surface area contributed by atoms with Gasteiger partial charge < -0.3 is 9.84 Å². The van der Waals surface area contributed by atoms with E-state index in [9.17, 15) is 13.2 Å². The van der Waals surface area contributed by atoms with Gasteiger partial charge in [-0.1, -0.05) is 58.8 Å². The predicted octanol–water partition coefficient (Wildman–Crippen LogP) is 4.81. The minimum Gasteiger partial charge on any atom is -0.355 e. The van der Waals surface area contributed by atoms with Crippen molar-refractivity contribution in [2.45, 2.75) is 38.5 Å². The second kappa shape index (κ2) is 9.95. The molecule has 0 spiro atoms. The second-order valence-electron chi connectivity index (χ2n) is 8.74. The molecule has 0 atom stereocenters. The molecule has 0 radical (unpaired) electrons. The molecule has 1 aliphatic heterocycles. The summed E-state index contributed by atoms with van der Waals surface area (Å²) >= 11 is 0. The smallest absolute Gasteiger partial charge is 0.248 e. The SMILES string of the molecule is Cc1ccc(C=Cc2onc(C)c2S(=O)(=O)N2CCC(C(=O)Nc3ccc(C)cc3)CC2)cc1. The Bertz CT molecular complexity index is 1280. The maximum Gasteiger partial charge on any atom is 0.248 e. The van der Waals surface area contributed by atoms with Gasteiger partial charge in [-0.3, -0.25) is 4.79 Å². The van der Waals surface area contributed by atoms with Crippen LogP contribution in [0.15, 0.2) is 57.9 Å². The van der Waals surface area contributed by atoms with Gasteiger partial charge in [0.25, 0.3) is 0 Å². The van der Waals surface area contributed by atoms with Crippen molar-refractivity contribution in [3.05, 3.63) is 76.7 Å². The summed E-state index contributed by atoms with van der Waals surface area (Å²) < 4.78 is 33.6. The Hall–Kier alpha value is -3.23. The summed E-state index contributed by atoms with van der Waals surface area (Å²) in [4.78, 5) is 12.8. The van der Waals surface area contributed by atoms with E-state index in [1.165, 1.54) is 4.31 Å². The normalized spacial score (nSPS) is 15.6. The zero-order valence-corrected chi connectivity index (χ0v) is 20.4. The average molecular weight is 480 g/mol. The molecular formula is C26H29N3O4S. The molecule has 7 nitrogen and oxygen atoms in total. The zero-order chi connectivity index (χ0) is 24.3. The number of sulfonamides is 1. The fraction of sp³-hybridized carbons (Fsp3) is 0.308. The highest BCUT2D eigenvalue weighted by molar-refractivity contribution is 7.89. The number of nitrogens with one attached hydrogen (secondary N) is 1. The Balaban J connectivity index is 1.44. The van der Waals surface area contributed by atoms with Crippen molar-refractivity contribution in [1.29, 1.82) is 0 Å². The van der Waals surface area contributed by atoms with Crippen LogP contribution in [0, 0.1) is 26.7 Å². The number of rotatable bonds is 6. The van der Waals surface area contributed by atoms with Crippen LogP contribution in [0.5, 0.6) is 0 Å². The van der Waals surface area contributed by atoms with E-state index in [0.29, 0.717) is 18.5 Å². The van der Waals surface area contributed by atoms with E-state index in [1.807, 2.05) is 62.4 Å². The molecule has 0 bridgehead atoms. The first-order chi connectivity index (χ1) is 16.2. The van der Waals surface area contributed by atoms with Crippen LogP contribution in [0.1, 0.15) is 41.0 Å². The topological polar surface area (TPSA) is 92.5 Å². The van der Waals surface area contributed by atoms with Crippen molar-refractivity contribution >= 4 is 33.8 Å². The summed E-state index contributed by atoms with van der Waals surface area (Å²) in [5.41, 5.74) is 4.27. The van der Waals surface area contributed by atoms with Crippen LogP contribution in [0.25, 0.3) is 12.2 Å². The molecule has 8 heteroatoms. The molecule has 2 aromatic carbocycles. The van der Waals surface area contributed by atoms with E-state index in [2.05, 4.69) is 10.5 Å². The molecular weight excluding hydrogens is 450 g/mol. The number of piperidine rings is 1. The number of aryl methyl sites for hydroxylation is 3. The number of aromatic nitrogens is 1. The van der Waals surface area contributed by atoms with Crippen LogP contribution in [0.4, 0.5) is 5.69 Å². The molecule has 178 valence electrons. The van der Waals surface area contributed by atoms with E-state index >= 15 is 0 Å². The zero-order valence-electron chi connectivity index (χ0n) is 19.6. The third-order valence-electron chi connectivity index (χ3n) is 6.08. The molecule has 3 aromatic rings. The molecule has 34 heavy (non-hydrogen) atoms. The summed E-state index contributed by atoms with van der Waals surface area (Å²) in [6.07, 6.45) is 4.35. The van der Waals surface area contributed by atoms with Crippen molar-refractivity contribution in [2.24, 2.45) is 5.92 Å². The molecule has 0 unspecified atom stereocenters. The fourth-order valence-corrected chi connectivity index (χ4v) is 5.74. The summed E-state index contributed by atoms with van der Waals surface area (Å²) in [7, 11) is -3.81. The van der Waals surface area contributed by atoms with Gasteiger partial charge in [0, 0.05) is 24.7 Å². The van der Waals surface area contributed by atoms with Gasteiger partial charge in [0.2, 0.25) is 15.9 Å². The van der Waals surface area contributed by atoms with E-state index in [0.717, 1.165) is 22.4 Å². The van der Waals surface area contributed by atoms with Crippen LogP contribution < -0.4 is 5.32 Å². The van der Waals surface area contributed by atoms with Crippen LogP contribution in [0.3, 0.4) is 0 Å². The molecule has 2 heterocycles. The van der Waals surface area contributed by atoms with Crippen molar-refractivity contribution in [2.75, 3.05) is 18.4 Å². The minimum absolute atomic E-state index is 0.0798. The Morgan fingerprint density at radius 2 is 1.56 bits per heavy atom. The Morgan fingerprint density at radius 3 is 2.18 bits per heavy atom. The van der Waals surface area contributed by atoms with Gasteiger partial charge >= 0.3 is 0 Å². The number of benzene rings is 2. The maximum atomic E-state index is 13.4. The molecule has 1 aromatic heterocycles. The maximum absolute atomic E-state index is 13.4. The van der Waals surface area contributed by atoms with Crippen LogP contribution >= 0.6 is 0 Å².